The number of methoxy groups -OCH3 is 1. The number of nitrogens with two attached hydrogens (primary N) is 1. The van der Waals surface area contributed by atoms with Crippen molar-refractivity contribution < 1.29 is 4.74 Å². The first kappa shape index (κ1) is 17.8. The van der Waals surface area contributed by atoms with Crippen molar-refractivity contribution in [2.24, 2.45) is 5.73 Å². The SMILES string of the molecule is COc1ccc(CC(N)CNc2ncc(-c3nc4ccncc4s3)s2)cc1. The molecule has 138 valence electrons. The Morgan fingerprint density at radius 1 is 1.15 bits per heavy atom. The zero-order valence-corrected chi connectivity index (χ0v) is 16.4. The molecular weight excluding hydrogens is 378 g/mol. The van der Waals surface area contributed by atoms with Crippen molar-refractivity contribution >= 4 is 38.0 Å². The number of hydrogen-bond acceptors (Lipinski definition) is 8. The monoisotopic (exact) mass is 397 g/mol. The third-order valence-electron chi connectivity index (χ3n) is 4.08. The molecule has 0 aliphatic heterocycles. The number of fused-ring (bicyclic) bond motifs is 1. The number of thiazole rings is 2. The largest absolute Gasteiger partial charge is 0.497 e. The van der Waals surface area contributed by atoms with Crippen molar-refractivity contribution in [3.63, 3.8) is 0 Å². The molecule has 3 N–H and O–H groups in total. The van der Waals surface area contributed by atoms with E-state index in [4.69, 9.17) is 10.5 Å². The molecular formula is C19H19N5OS2. The van der Waals surface area contributed by atoms with E-state index < -0.39 is 0 Å². The van der Waals surface area contributed by atoms with Gasteiger partial charge in [0.1, 0.15) is 10.8 Å². The highest BCUT2D eigenvalue weighted by Crippen LogP contribution is 2.34. The van der Waals surface area contributed by atoms with Gasteiger partial charge in [-0.1, -0.05) is 23.5 Å². The summed E-state index contributed by atoms with van der Waals surface area (Å²) in [4.78, 5) is 14.3. The summed E-state index contributed by atoms with van der Waals surface area (Å²) in [7, 11) is 1.66. The Balaban J connectivity index is 1.36. The predicted molar refractivity (Wildman–Crippen MR) is 112 cm³/mol. The average Bonchev–Trinajstić information content (AvgIpc) is 3.33. The molecule has 8 heteroatoms. The number of rotatable bonds is 7. The van der Waals surface area contributed by atoms with Crippen LogP contribution in [-0.4, -0.2) is 34.6 Å². The normalized spacial score (nSPS) is 12.2. The van der Waals surface area contributed by atoms with Crippen LogP contribution in [-0.2, 0) is 6.42 Å². The van der Waals surface area contributed by atoms with Crippen LogP contribution < -0.4 is 15.8 Å². The molecule has 6 nitrogen and oxygen atoms in total. The summed E-state index contributed by atoms with van der Waals surface area (Å²) < 4.78 is 6.26. The van der Waals surface area contributed by atoms with Crippen LogP contribution in [0.1, 0.15) is 5.56 Å². The van der Waals surface area contributed by atoms with Gasteiger partial charge in [-0.15, -0.1) is 11.3 Å². The lowest BCUT2D eigenvalue weighted by atomic mass is 10.1. The van der Waals surface area contributed by atoms with Crippen LogP contribution in [0, 0.1) is 0 Å². The third kappa shape index (κ3) is 4.24. The van der Waals surface area contributed by atoms with Gasteiger partial charge in [-0.25, -0.2) is 9.97 Å². The van der Waals surface area contributed by atoms with Crippen molar-refractivity contribution in [1.82, 2.24) is 15.0 Å². The Labute approximate surface area is 165 Å². The molecule has 0 saturated heterocycles. The predicted octanol–water partition coefficient (Wildman–Crippen LogP) is 3.81. The van der Waals surface area contributed by atoms with E-state index in [0.717, 1.165) is 37.4 Å². The Kier molecular flexibility index (Phi) is 5.28. The van der Waals surface area contributed by atoms with Crippen molar-refractivity contribution in [2.45, 2.75) is 12.5 Å². The molecule has 3 aromatic heterocycles. The minimum absolute atomic E-state index is 0.000676. The standard InChI is InChI=1S/C19H19N5OS2/c1-25-14-4-2-12(3-5-14)8-13(20)9-22-19-23-11-17(27-19)18-24-15-6-7-21-10-16(15)26-18/h2-7,10-11,13H,8-9,20H2,1H3,(H,22,23). The van der Waals surface area contributed by atoms with Gasteiger partial charge in [-0.3, -0.25) is 4.98 Å². The lowest BCUT2D eigenvalue weighted by Gasteiger charge is -2.12. The van der Waals surface area contributed by atoms with Gasteiger partial charge in [-0.2, -0.15) is 0 Å². The highest BCUT2D eigenvalue weighted by atomic mass is 32.1. The summed E-state index contributed by atoms with van der Waals surface area (Å²) in [5.74, 6) is 0.853. The van der Waals surface area contributed by atoms with Crippen LogP contribution in [0.25, 0.3) is 20.1 Å². The minimum Gasteiger partial charge on any atom is -0.497 e. The molecule has 0 bridgehead atoms. The molecule has 0 amide bonds. The summed E-state index contributed by atoms with van der Waals surface area (Å²) in [6.07, 6.45) is 6.25. The van der Waals surface area contributed by atoms with Gasteiger partial charge in [0.15, 0.2) is 5.13 Å². The Morgan fingerprint density at radius 2 is 2.00 bits per heavy atom. The van der Waals surface area contributed by atoms with Gasteiger partial charge in [0.25, 0.3) is 0 Å². The van der Waals surface area contributed by atoms with Gasteiger partial charge in [0, 0.05) is 25.0 Å². The maximum Gasteiger partial charge on any atom is 0.183 e. The van der Waals surface area contributed by atoms with E-state index in [2.05, 4.69) is 20.3 Å². The zero-order chi connectivity index (χ0) is 18.6. The number of anilines is 1. The number of hydrogen-bond donors (Lipinski definition) is 2. The van der Waals surface area contributed by atoms with Gasteiger partial charge in [0.2, 0.25) is 0 Å². The topological polar surface area (TPSA) is 86.0 Å². The van der Waals surface area contributed by atoms with E-state index in [1.165, 1.54) is 5.56 Å². The van der Waals surface area contributed by atoms with Crippen LogP contribution in [0.5, 0.6) is 5.75 Å². The summed E-state index contributed by atoms with van der Waals surface area (Å²) in [5, 5.41) is 5.15. The molecule has 0 aliphatic carbocycles. The molecule has 0 fully saturated rings. The van der Waals surface area contributed by atoms with Crippen molar-refractivity contribution in [1.29, 1.82) is 0 Å². The first-order valence-corrected chi connectivity index (χ1v) is 10.1. The molecule has 4 rings (SSSR count). The Bertz CT molecular complexity index is 995. The molecule has 1 atom stereocenters. The highest BCUT2D eigenvalue weighted by Gasteiger charge is 2.11. The lowest BCUT2D eigenvalue weighted by molar-refractivity contribution is 0.414. The second-order valence-electron chi connectivity index (χ2n) is 6.09. The molecule has 4 aromatic rings. The fraction of sp³-hybridized carbons (Fsp3) is 0.211. The summed E-state index contributed by atoms with van der Waals surface area (Å²) in [5.41, 5.74) is 8.41. The van der Waals surface area contributed by atoms with Gasteiger partial charge < -0.3 is 15.8 Å². The summed E-state index contributed by atoms with van der Waals surface area (Å²) in [6.45, 7) is 0.656. The molecule has 27 heavy (non-hydrogen) atoms. The Morgan fingerprint density at radius 3 is 2.78 bits per heavy atom. The first-order valence-electron chi connectivity index (χ1n) is 8.50. The first-order chi connectivity index (χ1) is 13.2. The summed E-state index contributed by atoms with van der Waals surface area (Å²) >= 11 is 3.21. The fourth-order valence-electron chi connectivity index (χ4n) is 2.70. The number of benzene rings is 1. The number of aromatic nitrogens is 3. The Hall–Kier alpha value is -2.55. The maximum atomic E-state index is 6.26. The van der Waals surface area contributed by atoms with E-state index in [0.29, 0.717) is 6.54 Å². The number of nitrogens with one attached hydrogen (secondary N) is 1. The van der Waals surface area contributed by atoms with E-state index >= 15 is 0 Å². The molecule has 0 radical (unpaired) electrons. The van der Waals surface area contributed by atoms with Crippen LogP contribution in [0.2, 0.25) is 0 Å². The number of nitrogens with zero attached hydrogens (tertiary/aromatic N) is 3. The molecule has 3 heterocycles. The van der Waals surface area contributed by atoms with E-state index in [1.807, 2.05) is 42.7 Å². The van der Waals surface area contributed by atoms with Crippen molar-refractivity contribution in [3.8, 4) is 15.6 Å². The number of pyridine rings is 1. The fourth-order valence-corrected chi connectivity index (χ4v) is 4.49. The molecule has 1 aromatic carbocycles. The minimum atomic E-state index is -0.000676. The zero-order valence-electron chi connectivity index (χ0n) is 14.8. The molecule has 1 unspecified atom stereocenters. The van der Waals surface area contributed by atoms with E-state index in [9.17, 15) is 0 Å². The van der Waals surface area contributed by atoms with Gasteiger partial charge >= 0.3 is 0 Å². The highest BCUT2D eigenvalue weighted by molar-refractivity contribution is 7.26. The van der Waals surface area contributed by atoms with Gasteiger partial charge in [0.05, 0.1) is 28.4 Å². The third-order valence-corrected chi connectivity index (χ3v) is 6.21. The molecule has 0 saturated carbocycles. The number of ether oxygens (including phenoxy) is 1. The van der Waals surface area contributed by atoms with Gasteiger partial charge in [-0.05, 0) is 30.2 Å². The maximum absolute atomic E-state index is 6.26. The van der Waals surface area contributed by atoms with Crippen LogP contribution in [0.15, 0.2) is 48.9 Å². The van der Waals surface area contributed by atoms with Crippen LogP contribution in [0.4, 0.5) is 5.13 Å². The quantitative estimate of drug-likeness (QED) is 0.493. The second kappa shape index (κ2) is 7.99. The van der Waals surface area contributed by atoms with Crippen LogP contribution in [0.3, 0.4) is 0 Å². The van der Waals surface area contributed by atoms with E-state index in [-0.39, 0.29) is 6.04 Å². The molecule has 0 spiro atoms. The smallest absolute Gasteiger partial charge is 0.183 e. The summed E-state index contributed by atoms with van der Waals surface area (Å²) in [6, 6.07) is 9.92. The molecule has 0 aliphatic rings. The second-order valence-corrected chi connectivity index (χ2v) is 8.15. The lowest BCUT2D eigenvalue weighted by Crippen LogP contribution is -2.31. The van der Waals surface area contributed by atoms with Crippen molar-refractivity contribution in [3.05, 3.63) is 54.5 Å². The van der Waals surface area contributed by atoms with E-state index in [1.54, 1.807) is 36.0 Å². The average molecular weight is 398 g/mol. The van der Waals surface area contributed by atoms with Crippen LogP contribution >= 0.6 is 22.7 Å². The van der Waals surface area contributed by atoms with Crippen molar-refractivity contribution in [2.75, 3.05) is 19.0 Å².